The van der Waals surface area contributed by atoms with Crippen LogP contribution in [0.2, 0.25) is 0 Å². The van der Waals surface area contributed by atoms with E-state index in [0.717, 1.165) is 32.2 Å². The van der Waals surface area contributed by atoms with Crippen molar-refractivity contribution in [2.45, 2.75) is 0 Å². The molecule has 0 saturated heterocycles. The number of hydrogen-bond acceptors (Lipinski definition) is 2. The molecule has 1 aromatic heterocycles. The number of aromatic nitrogens is 1. The van der Waals surface area contributed by atoms with Crippen LogP contribution in [0.5, 0.6) is 0 Å². The molecule has 0 aliphatic rings. The monoisotopic (exact) mass is 356 g/mol. The molecule has 134 valence electrons. The molecule has 4 rings (SSSR count). The molecule has 0 fully saturated rings. The van der Waals surface area contributed by atoms with Crippen molar-refractivity contribution in [2.24, 2.45) is 5.73 Å². The number of rotatable bonds is 3. The van der Waals surface area contributed by atoms with Crippen LogP contribution in [0.4, 0.5) is 0 Å². The third-order valence-corrected chi connectivity index (χ3v) is 4.04. The van der Waals surface area contributed by atoms with Crippen molar-refractivity contribution in [1.29, 1.82) is 0 Å². The molecule has 4 heteroatoms. The first-order valence-corrected chi connectivity index (χ1v) is 8.52. The van der Waals surface area contributed by atoms with Gasteiger partial charge >= 0.3 is 0 Å². The van der Waals surface area contributed by atoms with Gasteiger partial charge in [-0.15, -0.1) is 0 Å². The maximum absolute atomic E-state index is 11.4. The summed E-state index contributed by atoms with van der Waals surface area (Å²) in [7, 11) is 0. The summed E-state index contributed by atoms with van der Waals surface area (Å²) in [5, 5.41) is 10.6. The maximum Gasteiger partial charge on any atom is 0.242 e. The van der Waals surface area contributed by atoms with E-state index >= 15 is 0 Å². The van der Waals surface area contributed by atoms with Crippen LogP contribution in [0.25, 0.3) is 16.3 Å². The maximum atomic E-state index is 11.4. The van der Waals surface area contributed by atoms with Gasteiger partial charge in [0.15, 0.2) is 0 Å². The normalized spacial score (nSPS) is 10.9. The first kappa shape index (κ1) is 18.0. The second-order valence-electron chi connectivity index (χ2n) is 5.92. The summed E-state index contributed by atoms with van der Waals surface area (Å²) in [6, 6.07) is 27.5. The molecule has 1 amide bonds. The summed E-state index contributed by atoms with van der Waals surface area (Å²) in [5.41, 5.74) is 8.24. The van der Waals surface area contributed by atoms with Crippen LogP contribution in [0, 0.1) is 0 Å². The highest BCUT2D eigenvalue weighted by molar-refractivity contribution is 6.04. The van der Waals surface area contributed by atoms with Crippen LogP contribution < -0.4 is 5.73 Å². The van der Waals surface area contributed by atoms with Crippen LogP contribution in [-0.4, -0.2) is 15.8 Å². The fourth-order valence-electron chi connectivity index (χ4n) is 2.86. The van der Waals surface area contributed by atoms with Crippen molar-refractivity contribution >= 4 is 22.3 Å². The molecular formula is C23H20N2O2. The predicted molar refractivity (Wildman–Crippen MR) is 108 cm³/mol. The average Bonchev–Trinajstić information content (AvgIpc) is 3.18. The lowest BCUT2D eigenvalue weighted by Crippen LogP contribution is -2.07. The molecule has 0 atom stereocenters. The van der Waals surface area contributed by atoms with Crippen molar-refractivity contribution in [1.82, 2.24) is 4.73 Å². The van der Waals surface area contributed by atoms with Gasteiger partial charge in [0.25, 0.3) is 0 Å². The van der Waals surface area contributed by atoms with Crippen molar-refractivity contribution < 1.29 is 10.0 Å². The van der Waals surface area contributed by atoms with E-state index in [2.05, 4.69) is 18.2 Å². The van der Waals surface area contributed by atoms with Gasteiger partial charge in [0, 0.05) is 18.5 Å². The zero-order chi connectivity index (χ0) is 19.1. The fourth-order valence-corrected chi connectivity index (χ4v) is 2.86. The third kappa shape index (κ3) is 4.64. The van der Waals surface area contributed by atoms with Gasteiger partial charge in [-0.25, -0.2) is 4.73 Å². The Hall–Kier alpha value is -3.79. The number of primary amides is 1. The third-order valence-electron chi connectivity index (χ3n) is 4.04. The SMILES string of the molecule is NC(=O)/C=C(\c1ccccc1)c1cccc2ccccc12.On1cccc1. The Bertz CT molecular complexity index is 1050. The molecule has 0 bridgehead atoms. The molecule has 4 nitrogen and oxygen atoms in total. The van der Waals surface area contributed by atoms with Crippen LogP contribution >= 0.6 is 0 Å². The van der Waals surface area contributed by atoms with Crippen molar-refractivity contribution in [2.75, 3.05) is 0 Å². The lowest BCUT2D eigenvalue weighted by molar-refractivity contribution is -0.113. The molecule has 4 aromatic rings. The van der Waals surface area contributed by atoms with E-state index in [1.54, 1.807) is 24.5 Å². The second kappa shape index (κ2) is 8.54. The number of benzene rings is 3. The van der Waals surface area contributed by atoms with Crippen LogP contribution in [0.3, 0.4) is 0 Å². The van der Waals surface area contributed by atoms with E-state index in [-0.39, 0.29) is 0 Å². The summed E-state index contributed by atoms with van der Waals surface area (Å²) >= 11 is 0. The topological polar surface area (TPSA) is 68.2 Å². The highest BCUT2D eigenvalue weighted by Crippen LogP contribution is 2.29. The van der Waals surface area contributed by atoms with E-state index < -0.39 is 5.91 Å². The highest BCUT2D eigenvalue weighted by atomic mass is 16.5. The lowest BCUT2D eigenvalue weighted by atomic mass is 9.93. The Balaban J connectivity index is 0.000000299. The molecule has 1 heterocycles. The quantitative estimate of drug-likeness (QED) is 0.420. The molecule has 0 spiro atoms. The summed E-state index contributed by atoms with van der Waals surface area (Å²) < 4.78 is 1.00. The van der Waals surface area contributed by atoms with E-state index in [4.69, 9.17) is 10.9 Å². The van der Waals surface area contributed by atoms with E-state index in [9.17, 15) is 4.79 Å². The molecule has 0 radical (unpaired) electrons. The van der Waals surface area contributed by atoms with Crippen LogP contribution in [0.1, 0.15) is 11.1 Å². The van der Waals surface area contributed by atoms with Crippen molar-refractivity contribution in [3.8, 4) is 0 Å². The van der Waals surface area contributed by atoms with Crippen LogP contribution in [-0.2, 0) is 4.79 Å². The van der Waals surface area contributed by atoms with Crippen LogP contribution in [0.15, 0.2) is 103 Å². The molecule has 27 heavy (non-hydrogen) atoms. The second-order valence-corrected chi connectivity index (χ2v) is 5.92. The van der Waals surface area contributed by atoms with Gasteiger partial charge in [-0.05, 0) is 39.6 Å². The van der Waals surface area contributed by atoms with E-state index in [0.29, 0.717) is 0 Å². The minimum absolute atomic E-state index is 0.443. The number of nitrogens with zero attached hydrogens (tertiary/aromatic N) is 1. The lowest BCUT2D eigenvalue weighted by Gasteiger charge is -2.11. The van der Waals surface area contributed by atoms with Gasteiger partial charge in [0.05, 0.1) is 0 Å². The number of fused-ring (bicyclic) bond motifs is 1. The highest BCUT2D eigenvalue weighted by Gasteiger charge is 2.09. The summed E-state index contributed by atoms with van der Waals surface area (Å²) in [4.78, 5) is 11.4. The van der Waals surface area contributed by atoms with Gasteiger partial charge in [0.1, 0.15) is 0 Å². The number of nitrogens with two attached hydrogens (primary N) is 1. The smallest absolute Gasteiger partial charge is 0.242 e. The van der Waals surface area contributed by atoms with Gasteiger partial charge < -0.3 is 10.9 Å². The Morgan fingerprint density at radius 1 is 0.815 bits per heavy atom. The van der Waals surface area contributed by atoms with Crippen molar-refractivity contribution in [3.63, 3.8) is 0 Å². The summed E-state index contributed by atoms with van der Waals surface area (Å²) in [6.45, 7) is 0. The Morgan fingerprint density at radius 3 is 2.07 bits per heavy atom. The summed E-state index contributed by atoms with van der Waals surface area (Å²) in [5.74, 6) is -0.443. The predicted octanol–water partition coefficient (Wildman–Crippen LogP) is 4.48. The Kier molecular flexibility index (Phi) is 5.70. The zero-order valence-electron chi connectivity index (χ0n) is 14.7. The molecular weight excluding hydrogens is 336 g/mol. The molecule has 3 aromatic carbocycles. The van der Waals surface area contributed by atoms with Gasteiger partial charge in [-0.3, -0.25) is 4.79 Å². The zero-order valence-corrected chi connectivity index (χ0v) is 14.7. The van der Waals surface area contributed by atoms with E-state index in [1.807, 2.05) is 54.6 Å². The Morgan fingerprint density at radius 2 is 1.44 bits per heavy atom. The van der Waals surface area contributed by atoms with Gasteiger partial charge in [-0.2, -0.15) is 0 Å². The number of hydrogen-bond donors (Lipinski definition) is 2. The minimum Gasteiger partial charge on any atom is -0.429 e. The average molecular weight is 356 g/mol. The van der Waals surface area contributed by atoms with Gasteiger partial charge in [-0.1, -0.05) is 72.8 Å². The number of carbonyl (C=O) groups excluding carboxylic acids is 1. The molecule has 0 saturated carbocycles. The largest absolute Gasteiger partial charge is 0.429 e. The standard InChI is InChI=1S/C19H15NO.C4H5NO/c20-19(21)13-18(15-7-2-1-3-8-15)17-12-6-10-14-9-4-5-11-16(14)17;6-5-3-1-2-4-5/h1-13H,(H2,20,21);1-4,6H/b18-13+;. The molecule has 0 aliphatic carbocycles. The Labute approximate surface area is 157 Å². The van der Waals surface area contributed by atoms with Gasteiger partial charge in [0.2, 0.25) is 5.91 Å². The summed E-state index contributed by atoms with van der Waals surface area (Å²) in [6.07, 6.45) is 4.61. The first-order valence-electron chi connectivity index (χ1n) is 8.52. The molecule has 0 unspecified atom stereocenters. The number of carbonyl (C=O) groups is 1. The van der Waals surface area contributed by atoms with Crippen molar-refractivity contribution in [3.05, 3.63) is 115 Å². The minimum atomic E-state index is -0.443. The number of amides is 1. The fraction of sp³-hybridized carbons (Fsp3) is 0. The molecule has 3 N–H and O–H groups in total. The molecule has 0 aliphatic heterocycles. The first-order chi connectivity index (χ1) is 13.1. The van der Waals surface area contributed by atoms with E-state index in [1.165, 1.54) is 6.08 Å².